The monoisotopic (exact) mass is 283 g/mol. The van der Waals surface area contributed by atoms with Crippen molar-refractivity contribution in [1.82, 2.24) is 15.5 Å². The Hall–Kier alpha value is -0.350. The second-order valence-corrected chi connectivity index (χ2v) is 7.29. The van der Waals surface area contributed by atoms with Gasteiger partial charge in [0.25, 0.3) is 0 Å². The number of likely N-dealkylation sites (N-methyl/N-ethyl adjacent to an activating group) is 1. The molecule has 0 aromatic heterocycles. The second-order valence-electron chi connectivity index (χ2n) is 6.88. The normalized spacial score (nSPS) is 30.5. The van der Waals surface area contributed by atoms with E-state index in [-0.39, 0.29) is 0 Å². The highest BCUT2D eigenvalue weighted by Crippen LogP contribution is 2.36. The number of hydrogen-bond donors (Lipinski definition) is 2. The van der Waals surface area contributed by atoms with E-state index in [1.807, 2.05) is 0 Å². The predicted octanol–water partition coefficient (Wildman–Crippen LogP) is 2.51. The van der Waals surface area contributed by atoms with Gasteiger partial charge in [0.15, 0.2) is 5.11 Å². The molecular formula is C15H29N3S. The van der Waals surface area contributed by atoms with Crippen LogP contribution in [0.3, 0.4) is 0 Å². The van der Waals surface area contributed by atoms with E-state index in [1.165, 1.54) is 38.6 Å². The summed E-state index contributed by atoms with van der Waals surface area (Å²) in [5.74, 6) is 0. The van der Waals surface area contributed by atoms with Crippen molar-refractivity contribution in [2.45, 2.75) is 65.0 Å². The van der Waals surface area contributed by atoms with Gasteiger partial charge in [0, 0.05) is 18.6 Å². The summed E-state index contributed by atoms with van der Waals surface area (Å²) in [4.78, 5) is 2.55. The Kier molecular flexibility index (Phi) is 5.07. The van der Waals surface area contributed by atoms with Crippen LogP contribution in [-0.4, -0.2) is 41.7 Å². The Morgan fingerprint density at radius 1 is 1.37 bits per heavy atom. The summed E-state index contributed by atoms with van der Waals surface area (Å²) in [5, 5.41) is 7.77. The topological polar surface area (TPSA) is 27.3 Å². The van der Waals surface area contributed by atoms with Gasteiger partial charge >= 0.3 is 0 Å². The molecule has 2 N–H and O–H groups in total. The van der Waals surface area contributed by atoms with Crippen LogP contribution >= 0.6 is 12.2 Å². The third-order valence-electron chi connectivity index (χ3n) is 4.71. The zero-order chi connectivity index (χ0) is 13.9. The van der Waals surface area contributed by atoms with Gasteiger partial charge < -0.3 is 10.6 Å². The van der Waals surface area contributed by atoms with Crippen LogP contribution in [0, 0.1) is 5.41 Å². The van der Waals surface area contributed by atoms with Gasteiger partial charge in [0.05, 0.1) is 0 Å². The van der Waals surface area contributed by atoms with Gasteiger partial charge in [0.1, 0.15) is 0 Å². The summed E-state index contributed by atoms with van der Waals surface area (Å²) in [7, 11) is 0. The molecule has 0 bridgehead atoms. The van der Waals surface area contributed by atoms with Crippen molar-refractivity contribution in [1.29, 1.82) is 0 Å². The Morgan fingerprint density at radius 3 is 2.79 bits per heavy atom. The maximum atomic E-state index is 5.43. The molecule has 1 saturated carbocycles. The van der Waals surface area contributed by atoms with Gasteiger partial charge in [-0.1, -0.05) is 20.8 Å². The van der Waals surface area contributed by atoms with Crippen molar-refractivity contribution >= 4 is 17.3 Å². The molecular weight excluding hydrogens is 254 g/mol. The summed E-state index contributed by atoms with van der Waals surface area (Å²) in [6.07, 6.45) is 6.43. The van der Waals surface area contributed by atoms with Crippen molar-refractivity contribution < 1.29 is 0 Å². The van der Waals surface area contributed by atoms with Crippen molar-refractivity contribution in [2.24, 2.45) is 5.41 Å². The largest absolute Gasteiger partial charge is 0.361 e. The maximum Gasteiger partial charge on any atom is 0.166 e. The fraction of sp³-hybridized carbons (Fsp3) is 0.933. The molecule has 2 rings (SSSR count). The molecule has 1 heterocycles. The first-order valence-corrected chi connectivity index (χ1v) is 8.19. The highest BCUT2D eigenvalue weighted by molar-refractivity contribution is 7.80. The zero-order valence-electron chi connectivity index (χ0n) is 12.7. The van der Waals surface area contributed by atoms with Crippen LogP contribution in [0.4, 0.5) is 0 Å². The molecule has 2 atom stereocenters. The van der Waals surface area contributed by atoms with Crippen molar-refractivity contribution in [3.05, 3.63) is 0 Å². The standard InChI is InChI=1S/C15H29N3S/c1-4-18-9-5-6-13(18)11-16-14(19)17-12-7-8-15(2,3)10-12/h12-13H,4-11H2,1-3H3,(H2,16,17,19). The lowest BCUT2D eigenvalue weighted by Gasteiger charge is -2.25. The quantitative estimate of drug-likeness (QED) is 0.775. The van der Waals surface area contributed by atoms with Gasteiger partial charge in [-0.25, -0.2) is 0 Å². The molecule has 2 fully saturated rings. The van der Waals surface area contributed by atoms with E-state index in [0.717, 1.165) is 18.2 Å². The minimum atomic E-state index is 0.484. The van der Waals surface area contributed by atoms with E-state index in [1.54, 1.807) is 0 Å². The van der Waals surface area contributed by atoms with Gasteiger partial charge in [-0.3, -0.25) is 4.90 Å². The Labute approximate surface area is 123 Å². The molecule has 0 spiro atoms. The molecule has 0 aromatic rings. The van der Waals surface area contributed by atoms with Crippen LogP contribution in [0.15, 0.2) is 0 Å². The van der Waals surface area contributed by atoms with Crippen molar-refractivity contribution in [3.63, 3.8) is 0 Å². The smallest absolute Gasteiger partial charge is 0.166 e. The summed E-state index contributed by atoms with van der Waals surface area (Å²) < 4.78 is 0. The average Bonchev–Trinajstić information content (AvgIpc) is 2.92. The second kappa shape index (κ2) is 6.40. The van der Waals surface area contributed by atoms with Gasteiger partial charge in [0.2, 0.25) is 0 Å². The zero-order valence-corrected chi connectivity index (χ0v) is 13.5. The molecule has 19 heavy (non-hydrogen) atoms. The third-order valence-corrected chi connectivity index (χ3v) is 4.97. The Bertz CT molecular complexity index is 317. The predicted molar refractivity (Wildman–Crippen MR) is 85.4 cm³/mol. The molecule has 110 valence electrons. The van der Waals surface area contributed by atoms with E-state index in [0.29, 0.717) is 17.5 Å². The summed E-state index contributed by atoms with van der Waals surface area (Å²) in [6.45, 7) is 10.3. The minimum absolute atomic E-state index is 0.484. The van der Waals surface area contributed by atoms with E-state index >= 15 is 0 Å². The molecule has 1 aliphatic heterocycles. The van der Waals surface area contributed by atoms with E-state index in [2.05, 4.69) is 36.3 Å². The maximum absolute atomic E-state index is 5.43. The summed E-state index contributed by atoms with van der Waals surface area (Å²) in [6, 6.07) is 1.24. The molecule has 3 nitrogen and oxygen atoms in total. The van der Waals surface area contributed by atoms with Crippen LogP contribution in [0.1, 0.15) is 52.9 Å². The summed E-state index contributed by atoms with van der Waals surface area (Å²) in [5.41, 5.74) is 0.484. The molecule has 2 aliphatic rings. The molecule has 4 heteroatoms. The van der Waals surface area contributed by atoms with Crippen molar-refractivity contribution in [3.8, 4) is 0 Å². The van der Waals surface area contributed by atoms with Crippen LogP contribution in [0.25, 0.3) is 0 Å². The minimum Gasteiger partial charge on any atom is -0.361 e. The van der Waals surface area contributed by atoms with Crippen molar-refractivity contribution in [2.75, 3.05) is 19.6 Å². The third kappa shape index (κ3) is 4.32. The first kappa shape index (κ1) is 15.0. The summed E-state index contributed by atoms with van der Waals surface area (Å²) >= 11 is 5.43. The fourth-order valence-electron chi connectivity index (χ4n) is 3.55. The number of nitrogens with zero attached hydrogens (tertiary/aromatic N) is 1. The first-order chi connectivity index (χ1) is 9.00. The number of hydrogen-bond acceptors (Lipinski definition) is 2. The van der Waals surface area contributed by atoms with Crippen LogP contribution in [0.5, 0.6) is 0 Å². The SMILES string of the molecule is CCN1CCCC1CNC(=S)NC1CCC(C)(C)C1. The van der Waals surface area contributed by atoms with Crippen LogP contribution < -0.4 is 10.6 Å². The molecule has 2 unspecified atom stereocenters. The molecule has 1 saturated heterocycles. The van der Waals surface area contributed by atoms with E-state index in [9.17, 15) is 0 Å². The highest BCUT2D eigenvalue weighted by Gasteiger charge is 2.31. The lowest BCUT2D eigenvalue weighted by molar-refractivity contribution is 0.267. The molecule has 0 amide bonds. The Balaban J connectivity index is 1.67. The molecule has 0 radical (unpaired) electrons. The average molecular weight is 283 g/mol. The Morgan fingerprint density at radius 2 is 2.16 bits per heavy atom. The number of thiocarbonyl (C=S) groups is 1. The van der Waals surface area contributed by atoms with E-state index < -0.39 is 0 Å². The van der Waals surface area contributed by atoms with Gasteiger partial charge in [-0.2, -0.15) is 0 Å². The lowest BCUT2D eigenvalue weighted by Crippen LogP contribution is -2.46. The lowest BCUT2D eigenvalue weighted by atomic mass is 9.92. The number of likely N-dealkylation sites (tertiary alicyclic amines) is 1. The molecule has 1 aliphatic carbocycles. The number of rotatable bonds is 4. The van der Waals surface area contributed by atoms with Crippen LogP contribution in [0.2, 0.25) is 0 Å². The van der Waals surface area contributed by atoms with E-state index in [4.69, 9.17) is 12.2 Å². The number of nitrogens with one attached hydrogen (secondary N) is 2. The van der Waals surface area contributed by atoms with Crippen LogP contribution in [-0.2, 0) is 0 Å². The van der Waals surface area contributed by atoms with Gasteiger partial charge in [-0.05, 0) is 62.8 Å². The fourth-order valence-corrected chi connectivity index (χ4v) is 3.80. The highest BCUT2D eigenvalue weighted by atomic mass is 32.1. The molecule has 0 aromatic carbocycles. The van der Waals surface area contributed by atoms with Gasteiger partial charge in [-0.15, -0.1) is 0 Å². The first-order valence-electron chi connectivity index (χ1n) is 7.78.